The number of hydrogen-bond acceptors (Lipinski definition) is 1. The molecule has 0 spiro atoms. The SMILES string of the molecule is CP(S)c1ccccc1. The van der Waals surface area contributed by atoms with Gasteiger partial charge in [0.25, 0.3) is 0 Å². The van der Waals surface area contributed by atoms with Gasteiger partial charge in [-0.25, -0.2) is 0 Å². The Kier molecular flexibility index (Phi) is 2.56. The van der Waals surface area contributed by atoms with Crippen molar-refractivity contribution in [1.29, 1.82) is 0 Å². The fourth-order valence-corrected chi connectivity index (χ4v) is 1.65. The third kappa shape index (κ3) is 2.00. The van der Waals surface area contributed by atoms with Crippen molar-refractivity contribution in [2.45, 2.75) is 0 Å². The molecular weight excluding hydrogens is 147 g/mol. The highest BCUT2D eigenvalue weighted by Crippen LogP contribution is 2.33. The van der Waals surface area contributed by atoms with Crippen LogP contribution in [0.3, 0.4) is 0 Å². The van der Waals surface area contributed by atoms with Crippen molar-refractivity contribution >= 4 is 24.7 Å². The highest BCUT2D eigenvalue weighted by atomic mass is 32.7. The highest BCUT2D eigenvalue weighted by molar-refractivity contribution is 8.47. The van der Waals surface area contributed by atoms with E-state index in [1.165, 1.54) is 5.30 Å². The van der Waals surface area contributed by atoms with Crippen LogP contribution in [-0.2, 0) is 0 Å². The van der Waals surface area contributed by atoms with Crippen LogP contribution in [0.25, 0.3) is 0 Å². The van der Waals surface area contributed by atoms with E-state index >= 15 is 0 Å². The van der Waals surface area contributed by atoms with Gasteiger partial charge in [-0.1, -0.05) is 30.3 Å². The molecule has 1 unspecified atom stereocenters. The minimum absolute atomic E-state index is 0.201. The average Bonchev–Trinajstić information content (AvgIpc) is 1.90. The van der Waals surface area contributed by atoms with Gasteiger partial charge in [0.05, 0.1) is 0 Å². The second-order valence-corrected chi connectivity index (χ2v) is 5.22. The summed E-state index contributed by atoms with van der Waals surface area (Å²) in [6, 6.07) is 10.3. The molecule has 0 N–H and O–H groups in total. The molecule has 1 atom stereocenters. The molecule has 0 fully saturated rings. The van der Waals surface area contributed by atoms with Crippen LogP contribution < -0.4 is 5.30 Å². The quantitative estimate of drug-likeness (QED) is 0.468. The van der Waals surface area contributed by atoms with E-state index in [4.69, 9.17) is 0 Å². The van der Waals surface area contributed by atoms with E-state index in [0.29, 0.717) is 0 Å². The zero-order valence-corrected chi connectivity index (χ0v) is 7.07. The number of benzene rings is 1. The van der Waals surface area contributed by atoms with Crippen molar-refractivity contribution in [3.05, 3.63) is 30.3 Å². The standard InChI is InChI=1S/C7H9PS/c1-8(9)7-5-3-2-4-6-7/h2-6,9H,1H3. The molecule has 0 aliphatic heterocycles. The van der Waals surface area contributed by atoms with E-state index < -0.39 is 0 Å². The van der Waals surface area contributed by atoms with E-state index in [9.17, 15) is 0 Å². The predicted octanol–water partition coefficient (Wildman–Crippen LogP) is 2.27. The van der Waals surface area contributed by atoms with Crippen molar-refractivity contribution < 1.29 is 0 Å². The van der Waals surface area contributed by atoms with Crippen LogP contribution in [0.1, 0.15) is 0 Å². The summed E-state index contributed by atoms with van der Waals surface area (Å²) in [4.78, 5) is 0. The number of rotatable bonds is 1. The van der Waals surface area contributed by atoms with E-state index in [1.54, 1.807) is 0 Å². The molecule has 2 heteroatoms. The Morgan fingerprint density at radius 2 is 1.78 bits per heavy atom. The van der Waals surface area contributed by atoms with E-state index in [0.717, 1.165) is 0 Å². The summed E-state index contributed by atoms with van der Waals surface area (Å²) in [5.41, 5.74) is 0. The molecule has 1 aromatic rings. The maximum atomic E-state index is 4.35. The summed E-state index contributed by atoms with van der Waals surface area (Å²) < 4.78 is 0. The fraction of sp³-hybridized carbons (Fsp3) is 0.143. The van der Waals surface area contributed by atoms with Gasteiger partial charge in [-0.3, -0.25) is 0 Å². The van der Waals surface area contributed by atoms with Crippen LogP contribution in [0.5, 0.6) is 0 Å². The van der Waals surface area contributed by atoms with Gasteiger partial charge in [-0.2, -0.15) is 0 Å². The molecule has 9 heavy (non-hydrogen) atoms. The molecule has 0 aliphatic rings. The van der Waals surface area contributed by atoms with E-state index in [1.807, 2.05) is 18.2 Å². The summed E-state index contributed by atoms with van der Waals surface area (Å²) in [5.74, 6) is 0. The summed E-state index contributed by atoms with van der Waals surface area (Å²) in [6.45, 7) is 2.13. The average molecular weight is 156 g/mol. The van der Waals surface area contributed by atoms with Crippen molar-refractivity contribution in [3.8, 4) is 0 Å². The Morgan fingerprint density at radius 3 is 2.11 bits per heavy atom. The lowest BCUT2D eigenvalue weighted by molar-refractivity contribution is 1.78. The van der Waals surface area contributed by atoms with Crippen molar-refractivity contribution in [3.63, 3.8) is 0 Å². The third-order valence-corrected chi connectivity index (χ3v) is 2.87. The minimum atomic E-state index is -0.201. The summed E-state index contributed by atoms with van der Waals surface area (Å²) in [7, 11) is -0.201. The minimum Gasteiger partial charge on any atom is -0.147 e. The van der Waals surface area contributed by atoms with Crippen LogP contribution in [0.2, 0.25) is 0 Å². The predicted molar refractivity (Wildman–Crippen MR) is 47.9 cm³/mol. The smallest absolute Gasteiger partial charge is 0.0143 e. The molecule has 48 valence electrons. The first-order valence-corrected chi connectivity index (χ1v) is 5.72. The zero-order chi connectivity index (χ0) is 6.69. The summed E-state index contributed by atoms with van der Waals surface area (Å²) in [5, 5.41) is 1.34. The largest absolute Gasteiger partial charge is 0.147 e. The third-order valence-electron chi connectivity index (χ3n) is 1.13. The van der Waals surface area contributed by atoms with Gasteiger partial charge in [0.2, 0.25) is 0 Å². The first-order chi connectivity index (χ1) is 4.30. The second kappa shape index (κ2) is 3.24. The summed E-state index contributed by atoms with van der Waals surface area (Å²) >= 11 is 4.35. The van der Waals surface area contributed by atoms with Crippen LogP contribution in [-0.4, -0.2) is 6.66 Å². The normalized spacial score (nSPS) is 13.1. The fourth-order valence-electron chi connectivity index (χ4n) is 0.644. The zero-order valence-electron chi connectivity index (χ0n) is 5.28. The molecule has 0 amide bonds. The first-order valence-electron chi connectivity index (χ1n) is 2.78. The summed E-state index contributed by atoms with van der Waals surface area (Å²) in [6.07, 6.45) is 0. The lowest BCUT2D eigenvalue weighted by Crippen LogP contribution is -1.92. The number of hydrogen-bond donors (Lipinski definition) is 1. The van der Waals surface area contributed by atoms with Gasteiger partial charge in [-0.05, 0) is 19.1 Å². The van der Waals surface area contributed by atoms with E-state index in [2.05, 4.69) is 31.0 Å². The molecule has 1 aromatic carbocycles. The maximum absolute atomic E-state index is 4.35. The Labute approximate surface area is 62.2 Å². The molecule has 0 radical (unpaired) electrons. The Balaban J connectivity index is 2.85. The molecule has 0 heterocycles. The van der Waals surface area contributed by atoms with Crippen LogP contribution in [0.4, 0.5) is 0 Å². The van der Waals surface area contributed by atoms with Gasteiger partial charge in [-0.15, -0.1) is 12.2 Å². The molecule has 0 saturated carbocycles. The van der Waals surface area contributed by atoms with Crippen LogP contribution in [0.15, 0.2) is 30.3 Å². The van der Waals surface area contributed by atoms with Crippen molar-refractivity contribution in [2.24, 2.45) is 0 Å². The molecule has 1 rings (SSSR count). The maximum Gasteiger partial charge on any atom is -0.0143 e. The van der Waals surface area contributed by atoms with Gasteiger partial charge < -0.3 is 0 Å². The molecule has 0 bridgehead atoms. The first kappa shape index (κ1) is 7.11. The Morgan fingerprint density at radius 1 is 1.22 bits per heavy atom. The monoisotopic (exact) mass is 156 g/mol. The van der Waals surface area contributed by atoms with Gasteiger partial charge in [0.15, 0.2) is 0 Å². The van der Waals surface area contributed by atoms with E-state index in [-0.39, 0.29) is 7.12 Å². The molecular formula is C7H9PS. The lowest BCUT2D eigenvalue weighted by Gasteiger charge is -2.01. The van der Waals surface area contributed by atoms with Crippen molar-refractivity contribution in [2.75, 3.05) is 6.66 Å². The Bertz CT molecular complexity index is 172. The van der Waals surface area contributed by atoms with Crippen LogP contribution >= 0.6 is 19.4 Å². The highest BCUT2D eigenvalue weighted by Gasteiger charge is 1.93. The molecule has 0 saturated heterocycles. The molecule has 0 nitrogen and oxygen atoms in total. The van der Waals surface area contributed by atoms with Gasteiger partial charge in [0.1, 0.15) is 0 Å². The topological polar surface area (TPSA) is 0 Å². The number of thiol groups is 1. The van der Waals surface area contributed by atoms with Crippen molar-refractivity contribution in [1.82, 2.24) is 0 Å². The second-order valence-electron chi connectivity index (χ2n) is 1.86. The lowest BCUT2D eigenvalue weighted by atomic mass is 10.4. The van der Waals surface area contributed by atoms with Gasteiger partial charge in [0, 0.05) is 0 Å². The van der Waals surface area contributed by atoms with Crippen LogP contribution in [0, 0.1) is 0 Å². The van der Waals surface area contributed by atoms with Gasteiger partial charge >= 0.3 is 0 Å². The molecule has 0 aliphatic carbocycles. The Hall–Kier alpha value is 0. The molecule has 0 aromatic heterocycles.